The number of carbonyl (C=O) groups is 1. The molecule has 0 fully saturated rings. The molecule has 0 atom stereocenters. The van der Waals surface area contributed by atoms with Crippen LogP contribution in [0.25, 0.3) is 0 Å². The highest BCUT2D eigenvalue weighted by molar-refractivity contribution is 5.87. The van der Waals surface area contributed by atoms with Gasteiger partial charge in [0.2, 0.25) is 0 Å². The number of hydrogen-bond donors (Lipinski definition) is 0. The zero-order valence-electron chi connectivity index (χ0n) is 19.1. The highest BCUT2D eigenvalue weighted by Gasteiger charge is 2.98. The summed E-state index contributed by atoms with van der Waals surface area (Å²) in [4.78, 5) is 11.1. The summed E-state index contributed by atoms with van der Waals surface area (Å²) in [7, 11) is 0. The summed E-state index contributed by atoms with van der Waals surface area (Å²) in [5.41, 5.74) is -2.04. The van der Waals surface area contributed by atoms with Gasteiger partial charge in [-0.2, -0.15) is 101 Å². The lowest BCUT2D eigenvalue weighted by Crippen LogP contribution is -2.77. The van der Waals surface area contributed by atoms with E-state index in [9.17, 15) is 106 Å². The molecule has 0 aliphatic rings. The standard InChI is InChI=1S/C17H9F23O2/c1-3-42-6(41)5(2)4-7(18,19)8(20,21)9(22,23)10(24,25)11(26,27)12(28,29)13(30,31)14(32,33)15(34,35)16(36,37)17(38,39)40/h2-4H2,1H3. The van der Waals surface area contributed by atoms with E-state index >= 15 is 0 Å². The molecule has 0 amide bonds. The van der Waals surface area contributed by atoms with Crippen LogP contribution in [0, 0.1) is 0 Å². The van der Waals surface area contributed by atoms with E-state index in [-0.39, 0.29) is 0 Å². The van der Waals surface area contributed by atoms with Gasteiger partial charge in [0.25, 0.3) is 0 Å². The molecule has 0 aliphatic heterocycles. The Balaban J connectivity index is 7.12. The fourth-order valence-electron chi connectivity index (χ4n) is 2.47. The van der Waals surface area contributed by atoms with E-state index in [2.05, 4.69) is 11.3 Å². The largest absolute Gasteiger partial charge is 0.463 e. The maximum atomic E-state index is 13.8. The Bertz CT molecular complexity index is 1020. The molecule has 0 heterocycles. The van der Waals surface area contributed by atoms with E-state index in [4.69, 9.17) is 0 Å². The summed E-state index contributed by atoms with van der Waals surface area (Å²) in [5, 5.41) is 0. The van der Waals surface area contributed by atoms with Crippen molar-refractivity contribution in [1.82, 2.24) is 0 Å². The Morgan fingerprint density at radius 2 is 0.714 bits per heavy atom. The normalized spacial score (nSPS) is 16.0. The van der Waals surface area contributed by atoms with Crippen LogP contribution in [0.3, 0.4) is 0 Å². The van der Waals surface area contributed by atoms with Gasteiger partial charge in [0, 0.05) is 12.0 Å². The van der Waals surface area contributed by atoms with Crippen LogP contribution in [-0.4, -0.2) is 78.0 Å². The third-order valence-electron chi connectivity index (χ3n) is 4.97. The number of ether oxygens (including phenoxy) is 1. The number of carbonyl (C=O) groups excluding carboxylic acids is 1. The van der Waals surface area contributed by atoms with Gasteiger partial charge >= 0.3 is 71.4 Å². The van der Waals surface area contributed by atoms with Gasteiger partial charge < -0.3 is 4.74 Å². The third-order valence-corrected chi connectivity index (χ3v) is 4.97. The first-order valence-electron chi connectivity index (χ1n) is 9.56. The van der Waals surface area contributed by atoms with Crippen LogP contribution in [0.15, 0.2) is 12.2 Å². The quantitative estimate of drug-likeness (QED) is 0.111. The SMILES string of the molecule is C=C(CC(F)(F)C(F)(F)C(F)(F)C(F)(F)C(F)(F)C(F)(F)C(F)(F)C(F)(F)C(F)(F)C(F)(F)C(F)(F)F)C(=O)OCC. The molecule has 0 aromatic carbocycles. The summed E-state index contributed by atoms with van der Waals surface area (Å²) < 4.78 is 310. The molecule has 42 heavy (non-hydrogen) atoms. The predicted octanol–water partition coefficient (Wildman–Crippen LogP) is 8.41. The average Bonchev–Trinajstić information content (AvgIpc) is 2.76. The van der Waals surface area contributed by atoms with Gasteiger partial charge in [-0.1, -0.05) is 6.58 Å². The van der Waals surface area contributed by atoms with Crippen molar-refractivity contribution in [1.29, 1.82) is 0 Å². The first-order valence-corrected chi connectivity index (χ1v) is 9.56. The molecule has 25 heteroatoms. The molecule has 0 saturated carbocycles. The molecular weight excluding hydrogens is 673 g/mol. The molecule has 250 valence electrons. The molecule has 0 aromatic heterocycles. The van der Waals surface area contributed by atoms with E-state index in [1.807, 2.05) is 0 Å². The number of halogens is 23. The topological polar surface area (TPSA) is 26.3 Å². The highest BCUT2D eigenvalue weighted by atomic mass is 19.4. The number of rotatable bonds is 13. The molecule has 0 unspecified atom stereocenters. The molecule has 0 rings (SSSR count). The van der Waals surface area contributed by atoms with Crippen molar-refractivity contribution in [3.8, 4) is 0 Å². The Morgan fingerprint density at radius 1 is 0.476 bits per heavy atom. The monoisotopic (exact) mass is 682 g/mol. The van der Waals surface area contributed by atoms with E-state index in [1.165, 1.54) is 0 Å². The fourth-order valence-corrected chi connectivity index (χ4v) is 2.47. The van der Waals surface area contributed by atoms with Crippen molar-refractivity contribution >= 4 is 5.97 Å². The minimum Gasteiger partial charge on any atom is -0.463 e. The highest BCUT2D eigenvalue weighted by Crippen LogP contribution is 2.67. The predicted molar refractivity (Wildman–Crippen MR) is 85.9 cm³/mol. The second-order valence-electron chi connectivity index (χ2n) is 7.87. The average molecular weight is 682 g/mol. The van der Waals surface area contributed by atoms with E-state index in [0.29, 0.717) is 0 Å². The fraction of sp³-hybridized carbons (Fsp3) is 0.824. The minimum absolute atomic E-state index is 0.803. The second kappa shape index (κ2) is 10.4. The van der Waals surface area contributed by atoms with Gasteiger partial charge in [0.1, 0.15) is 0 Å². The Kier molecular flexibility index (Phi) is 9.76. The van der Waals surface area contributed by atoms with Crippen LogP contribution in [0.4, 0.5) is 101 Å². The maximum Gasteiger partial charge on any atom is 0.460 e. The first-order chi connectivity index (χ1) is 17.9. The van der Waals surface area contributed by atoms with Crippen LogP contribution >= 0.6 is 0 Å². The van der Waals surface area contributed by atoms with Gasteiger partial charge in [-0.05, 0) is 6.92 Å². The van der Waals surface area contributed by atoms with Gasteiger partial charge in [0.15, 0.2) is 0 Å². The minimum atomic E-state index is -9.46. The molecule has 0 bridgehead atoms. The van der Waals surface area contributed by atoms with Crippen molar-refractivity contribution in [2.24, 2.45) is 0 Å². The summed E-state index contributed by atoms with van der Waals surface area (Å²) in [6.45, 7) is 2.32. The van der Waals surface area contributed by atoms with Crippen molar-refractivity contribution < 1.29 is 111 Å². The summed E-state index contributed by atoms with van der Waals surface area (Å²) in [6, 6.07) is 0. The summed E-state index contributed by atoms with van der Waals surface area (Å²) >= 11 is 0. The maximum absolute atomic E-state index is 13.8. The molecule has 0 spiro atoms. The van der Waals surface area contributed by atoms with Gasteiger partial charge in [-0.25, -0.2) is 4.79 Å². The van der Waals surface area contributed by atoms with E-state index < -0.39 is 90.0 Å². The van der Waals surface area contributed by atoms with Crippen LogP contribution in [-0.2, 0) is 9.53 Å². The molecule has 0 N–H and O–H groups in total. The Morgan fingerprint density at radius 3 is 0.952 bits per heavy atom. The number of hydrogen-bond acceptors (Lipinski definition) is 2. The van der Waals surface area contributed by atoms with Crippen LogP contribution in [0.1, 0.15) is 13.3 Å². The van der Waals surface area contributed by atoms with Crippen LogP contribution in [0.2, 0.25) is 0 Å². The number of alkyl halides is 23. The second-order valence-corrected chi connectivity index (χ2v) is 7.87. The molecular formula is C17H9F23O2. The molecule has 0 aromatic rings. The third kappa shape index (κ3) is 5.08. The first kappa shape index (κ1) is 39.6. The lowest BCUT2D eigenvalue weighted by molar-refractivity contribution is -0.478. The van der Waals surface area contributed by atoms with Gasteiger partial charge in [-0.15, -0.1) is 0 Å². The molecule has 2 nitrogen and oxygen atoms in total. The van der Waals surface area contributed by atoms with Gasteiger partial charge in [-0.3, -0.25) is 0 Å². The van der Waals surface area contributed by atoms with Crippen molar-refractivity contribution in [2.75, 3.05) is 6.61 Å². The van der Waals surface area contributed by atoms with Crippen molar-refractivity contribution in [2.45, 2.75) is 78.7 Å². The molecule has 0 saturated heterocycles. The van der Waals surface area contributed by atoms with Crippen LogP contribution in [0.5, 0.6) is 0 Å². The Labute approximate surface area is 215 Å². The molecule has 0 aliphatic carbocycles. The van der Waals surface area contributed by atoms with Crippen molar-refractivity contribution in [3.63, 3.8) is 0 Å². The zero-order valence-corrected chi connectivity index (χ0v) is 19.1. The van der Waals surface area contributed by atoms with E-state index in [0.717, 1.165) is 6.92 Å². The molecule has 0 radical (unpaired) electrons. The zero-order chi connectivity index (χ0) is 34.8. The Hall–Kier alpha value is -2.40. The summed E-state index contributed by atoms with van der Waals surface area (Å²) in [6.07, 6.45) is -11.4. The lowest BCUT2D eigenvalue weighted by atomic mass is 9.84. The van der Waals surface area contributed by atoms with Crippen LogP contribution < -0.4 is 0 Å². The van der Waals surface area contributed by atoms with E-state index in [1.54, 1.807) is 0 Å². The number of esters is 1. The lowest BCUT2D eigenvalue weighted by Gasteiger charge is -2.45. The smallest absolute Gasteiger partial charge is 0.460 e. The van der Waals surface area contributed by atoms with Gasteiger partial charge in [0.05, 0.1) is 6.61 Å². The van der Waals surface area contributed by atoms with Crippen molar-refractivity contribution in [3.05, 3.63) is 12.2 Å². The summed E-state index contributed by atoms with van der Waals surface area (Å²) in [5.74, 6) is -90.6.